The summed E-state index contributed by atoms with van der Waals surface area (Å²) >= 11 is 0. The van der Waals surface area contributed by atoms with Gasteiger partial charge in [-0.3, -0.25) is 5.43 Å². The van der Waals surface area contributed by atoms with Crippen LogP contribution in [0.3, 0.4) is 0 Å². The summed E-state index contributed by atoms with van der Waals surface area (Å²) in [5.41, 5.74) is 2.16. The molecule has 4 nitrogen and oxygen atoms in total. The standard InChI is InChI=1S/C16H15F3N2O2/c1-10(12-8-7-11(23-2)9-15(12)22)20-21-14-6-4-3-5-13(14)16(17,18)19/h3-9,21-22H,1-2H3/b20-10+. The predicted molar refractivity (Wildman–Crippen MR) is 81.9 cm³/mol. The van der Waals surface area contributed by atoms with Gasteiger partial charge >= 0.3 is 6.18 Å². The molecule has 0 bridgehead atoms. The lowest BCUT2D eigenvalue weighted by atomic mass is 10.1. The molecule has 0 aromatic heterocycles. The number of ether oxygens (including phenoxy) is 1. The van der Waals surface area contributed by atoms with E-state index in [1.54, 1.807) is 19.1 Å². The summed E-state index contributed by atoms with van der Waals surface area (Å²) in [6, 6.07) is 9.64. The fraction of sp³-hybridized carbons (Fsp3) is 0.188. The highest BCUT2D eigenvalue weighted by Crippen LogP contribution is 2.34. The molecule has 7 heteroatoms. The molecule has 0 aliphatic heterocycles. The van der Waals surface area contributed by atoms with Gasteiger partial charge in [0.1, 0.15) is 11.5 Å². The van der Waals surface area contributed by atoms with Crippen molar-refractivity contribution in [2.75, 3.05) is 12.5 Å². The maximum absolute atomic E-state index is 12.9. The molecule has 2 aromatic rings. The molecule has 23 heavy (non-hydrogen) atoms. The second-order valence-corrected chi connectivity index (χ2v) is 4.74. The van der Waals surface area contributed by atoms with E-state index in [4.69, 9.17) is 4.74 Å². The average molecular weight is 324 g/mol. The van der Waals surface area contributed by atoms with Crippen LogP contribution in [-0.2, 0) is 6.18 Å². The molecule has 122 valence electrons. The Balaban J connectivity index is 2.27. The number of hydrogen-bond acceptors (Lipinski definition) is 4. The van der Waals surface area contributed by atoms with Gasteiger partial charge in [0.2, 0.25) is 0 Å². The van der Waals surface area contributed by atoms with Gasteiger partial charge in [-0.25, -0.2) is 0 Å². The molecule has 0 aliphatic carbocycles. The molecule has 0 amide bonds. The number of rotatable bonds is 4. The number of nitrogens with one attached hydrogen (secondary N) is 1. The Hall–Kier alpha value is -2.70. The monoisotopic (exact) mass is 324 g/mol. The van der Waals surface area contributed by atoms with Crippen LogP contribution in [0.1, 0.15) is 18.1 Å². The quantitative estimate of drug-likeness (QED) is 0.653. The van der Waals surface area contributed by atoms with Crippen molar-refractivity contribution < 1.29 is 23.0 Å². The number of hydrazone groups is 1. The normalized spacial score (nSPS) is 12.1. The summed E-state index contributed by atoms with van der Waals surface area (Å²) in [5.74, 6) is 0.394. The van der Waals surface area contributed by atoms with Gasteiger partial charge in [0.25, 0.3) is 0 Å². The van der Waals surface area contributed by atoms with Gasteiger partial charge in [-0.05, 0) is 31.2 Å². The van der Waals surface area contributed by atoms with Gasteiger partial charge in [0.05, 0.1) is 24.1 Å². The third kappa shape index (κ3) is 3.94. The highest BCUT2D eigenvalue weighted by Gasteiger charge is 2.33. The molecule has 0 saturated carbocycles. The molecule has 0 unspecified atom stereocenters. The number of phenolic OH excluding ortho intramolecular Hbond substituents is 1. The number of methoxy groups -OCH3 is 1. The lowest BCUT2D eigenvalue weighted by molar-refractivity contribution is -0.136. The zero-order valence-electron chi connectivity index (χ0n) is 12.5. The van der Waals surface area contributed by atoms with E-state index in [0.29, 0.717) is 17.0 Å². The summed E-state index contributed by atoms with van der Waals surface area (Å²) in [4.78, 5) is 0. The van der Waals surface area contributed by atoms with E-state index in [9.17, 15) is 18.3 Å². The minimum absolute atomic E-state index is 0.0727. The van der Waals surface area contributed by atoms with Crippen molar-refractivity contribution in [2.24, 2.45) is 5.10 Å². The molecule has 2 aromatic carbocycles. The predicted octanol–water partition coefficient (Wildman–Crippen LogP) is 4.26. The number of halogens is 3. The molecule has 2 rings (SSSR count). The van der Waals surface area contributed by atoms with Gasteiger partial charge in [-0.2, -0.15) is 18.3 Å². The third-order valence-electron chi connectivity index (χ3n) is 3.17. The zero-order valence-corrected chi connectivity index (χ0v) is 12.5. The van der Waals surface area contributed by atoms with Crippen molar-refractivity contribution >= 4 is 11.4 Å². The Morgan fingerprint density at radius 3 is 2.48 bits per heavy atom. The average Bonchev–Trinajstić information content (AvgIpc) is 2.51. The fourth-order valence-corrected chi connectivity index (χ4v) is 1.98. The zero-order chi connectivity index (χ0) is 17.0. The van der Waals surface area contributed by atoms with Crippen molar-refractivity contribution in [1.29, 1.82) is 0 Å². The molecule has 0 atom stereocenters. The van der Waals surface area contributed by atoms with Gasteiger partial charge < -0.3 is 9.84 Å². The second-order valence-electron chi connectivity index (χ2n) is 4.74. The Labute approximate surface area is 131 Å². The van der Waals surface area contributed by atoms with E-state index in [-0.39, 0.29) is 11.4 Å². The SMILES string of the molecule is COc1ccc(/C(C)=N/Nc2ccccc2C(F)(F)F)c(O)c1. The summed E-state index contributed by atoms with van der Waals surface area (Å²) in [5, 5.41) is 13.8. The third-order valence-corrected chi connectivity index (χ3v) is 3.17. The maximum atomic E-state index is 12.9. The molecule has 0 fully saturated rings. The summed E-state index contributed by atoms with van der Waals surface area (Å²) in [7, 11) is 1.46. The molecule has 0 heterocycles. The van der Waals surface area contributed by atoms with Gasteiger partial charge in [-0.1, -0.05) is 12.1 Å². The van der Waals surface area contributed by atoms with E-state index in [2.05, 4.69) is 10.5 Å². The van der Waals surface area contributed by atoms with Crippen LogP contribution < -0.4 is 10.2 Å². The minimum Gasteiger partial charge on any atom is -0.507 e. The smallest absolute Gasteiger partial charge is 0.418 e. The Bertz CT molecular complexity index is 728. The number of para-hydroxylation sites is 1. The Kier molecular flexibility index (Phi) is 4.78. The minimum atomic E-state index is -4.48. The van der Waals surface area contributed by atoms with Crippen LogP contribution in [0, 0.1) is 0 Å². The van der Waals surface area contributed by atoms with Crippen molar-refractivity contribution in [1.82, 2.24) is 0 Å². The first-order valence-electron chi connectivity index (χ1n) is 6.67. The van der Waals surface area contributed by atoms with Crippen LogP contribution in [0.4, 0.5) is 18.9 Å². The lowest BCUT2D eigenvalue weighted by Gasteiger charge is -2.12. The Morgan fingerprint density at radius 1 is 1.17 bits per heavy atom. The molecule has 2 N–H and O–H groups in total. The van der Waals surface area contributed by atoms with E-state index in [0.717, 1.165) is 6.07 Å². The first-order chi connectivity index (χ1) is 10.8. The van der Waals surface area contributed by atoms with Crippen LogP contribution in [0.15, 0.2) is 47.6 Å². The van der Waals surface area contributed by atoms with Crippen molar-refractivity contribution in [3.63, 3.8) is 0 Å². The molecule has 0 radical (unpaired) electrons. The van der Waals surface area contributed by atoms with E-state index in [1.807, 2.05) is 0 Å². The molecular weight excluding hydrogens is 309 g/mol. The molecule has 0 aliphatic rings. The number of benzene rings is 2. The van der Waals surface area contributed by atoms with Crippen LogP contribution in [0.5, 0.6) is 11.5 Å². The van der Waals surface area contributed by atoms with Gasteiger partial charge in [0.15, 0.2) is 0 Å². The van der Waals surface area contributed by atoms with Crippen LogP contribution in [-0.4, -0.2) is 17.9 Å². The first-order valence-corrected chi connectivity index (χ1v) is 6.67. The van der Waals surface area contributed by atoms with Crippen LogP contribution in [0.2, 0.25) is 0 Å². The van der Waals surface area contributed by atoms with E-state index >= 15 is 0 Å². The molecule has 0 spiro atoms. The van der Waals surface area contributed by atoms with Crippen molar-refractivity contribution in [2.45, 2.75) is 13.1 Å². The highest BCUT2D eigenvalue weighted by atomic mass is 19.4. The summed E-state index contributed by atoms with van der Waals surface area (Å²) < 4.78 is 43.7. The number of alkyl halides is 3. The van der Waals surface area contributed by atoms with Crippen LogP contribution >= 0.6 is 0 Å². The highest BCUT2D eigenvalue weighted by molar-refractivity contribution is 6.01. The van der Waals surface area contributed by atoms with Crippen LogP contribution in [0.25, 0.3) is 0 Å². The number of aromatic hydroxyl groups is 1. The van der Waals surface area contributed by atoms with Crippen molar-refractivity contribution in [3.05, 3.63) is 53.6 Å². The molecule has 0 saturated heterocycles. The fourth-order valence-electron chi connectivity index (χ4n) is 1.98. The number of anilines is 1. The first kappa shape index (κ1) is 16.7. The van der Waals surface area contributed by atoms with Crippen molar-refractivity contribution in [3.8, 4) is 11.5 Å². The number of hydrogen-bond donors (Lipinski definition) is 2. The maximum Gasteiger partial charge on any atom is 0.418 e. The number of phenols is 1. The van der Waals surface area contributed by atoms with E-state index in [1.165, 1.54) is 31.4 Å². The van der Waals surface area contributed by atoms with Gasteiger partial charge in [0, 0.05) is 11.6 Å². The van der Waals surface area contributed by atoms with E-state index < -0.39 is 11.7 Å². The largest absolute Gasteiger partial charge is 0.507 e. The number of nitrogens with zero attached hydrogens (tertiary/aromatic N) is 1. The second kappa shape index (κ2) is 6.60. The topological polar surface area (TPSA) is 53.8 Å². The molecular formula is C16H15F3N2O2. The van der Waals surface area contributed by atoms with Gasteiger partial charge in [-0.15, -0.1) is 0 Å². The summed E-state index contributed by atoms with van der Waals surface area (Å²) in [6.07, 6.45) is -4.48. The lowest BCUT2D eigenvalue weighted by Crippen LogP contribution is -2.09. The Morgan fingerprint density at radius 2 is 1.87 bits per heavy atom. The summed E-state index contributed by atoms with van der Waals surface area (Å²) in [6.45, 7) is 1.57.